The van der Waals surface area contributed by atoms with Gasteiger partial charge in [0, 0.05) is 6.42 Å². The number of nitrogens with zero attached hydrogens (tertiary/aromatic N) is 1. The van der Waals surface area contributed by atoms with E-state index in [1.54, 1.807) is 6.92 Å². The zero-order valence-corrected chi connectivity index (χ0v) is 13.9. The average molecular weight is 348 g/mol. The fourth-order valence-corrected chi connectivity index (χ4v) is 2.69. The smallest absolute Gasteiger partial charge is 0.338 e. The van der Waals surface area contributed by atoms with Gasteiger partial charge in [0.2, 0.25) is 5.88 Å². The first-order valence-corrected chi connectivity index (χ1v) is 7.87. The normalized spacial score (nSPS) is 17.2. The van der Waals surface area contributed by atoms with Crippen LogP contribution in [0.4, 0.5) is 8.78 Å². The molecule has 0 aliphatic carbocycles. The van der Waals surface area contributed by atoms with Gasteiger partial charge in [0.15, 0.2) is 11.6 Å². The average Bonchev–Trinajstić information content (AvgIpc) is 2.57. The number of carbonyl (C=O) groups excluding carboxylic acids is 1. The number of esters is 1. The molecule has 0 fully saturated rings. The molecule has 7 heteroatoms. The third-order valence-corrected chi connectivity index (χ3v) is 3.75. The lowest BCUT2D eigenvalue weighted by molar-refractivity contribution is -0.139. The lowest BCUT2D eigenvalue weighted by atomic mass is 9.82. The van der Waals surface area contributed by atoms with Crippen LogP contribution in [0.15, 0.2) is 41.0 Å². The molecule has 0 saturated carbocycles. The van der Waals surface area contributed by atoms with Crippen LogP contribution in [-0.2, 0) is 14.3 Å². The molecule has 0 aromatic heterocycles. The van der Waals surface area contributed by atoms with E-state index in [2.05, 4.69) is 0 Å². The van der Waals surface area contributed by atoms with Gasteiger partial charge in [-0.05, 0) is 31.0 Å². The van der Waals surface area contributed by atoms with E-state index in [0.29, 0.717) is 12.8 Å². The Morgan fingerprint density at radius 3 is 2.64 bits per heavy atom. The van der Waals surface area contributed by atoms with Gasteiger partial charge in [0.1, 0.15) is 17.4 Å². The molecule has 132 valence electrons. The number of benzene rings is 1. The van der Waals surface area contributed by atoms with Crippen LogP contribution in [-0.4, -0.2) is 12.6 Å². The topological polar surface area (TPSA) is 85.3 Å². The van der Waals surface area contributed by atoms with Gasteiger partial charge in [0.05, 0.1) is 18.1 Å². The van der Waals surface area contributed by atoms with Crippen LogP contribution in [0.3, 0.4) is 0 Å². The highest BCUT2D eigenvalue weighted by Crippen LogP contribution is 2.41. The van der Waals surface area contributed by atoms with Crippen molar-refractivity contribution in [2.75, 3.05) is 6.61 Å². The quantitative estimate of drug-likeness (QED) is 0.825. The molecule has 0 amide bonds. The van der Waals surface area contributed by atoms with Crippen LogP contribution >= 0.6 is 0 Å². The summed E-state index contributed by atoms with van der Waals surface area (Å²) in [5, 5.41) is 9.45. The van der Waals surface area contributed by atoms with Gasteiger partial charge in [0.25, 0.3) is 0 Å². The van der Waals surface area contributed by atoms with Gasteiger partial charge >= 0.3 is 5.97 Å². The maximum atomic E-state index is 13.7. The minimum atomic E-state index is -1.08. The molecule has 1 heterocycles. The van der Waals surface area contributed by atoms with E-state index >= 15 is 0 Å². The second-order valence-corrected chi connectivity index (χ2v) is 5.41. The lowest BCUT2D eigenvalue weighted by Gasteiger charge is -2.28. The van der Waals surface area contributed by atoms with Crippen LogP contribution in [0, 0.1) is 23.0 Å². The Labute approximate surface area is 144 Å². The van der Waals surface area contributed by atoms with Crippen LogP contribution < -0.4 is 5.73 Å². The summed E-state index contributed by atoms with van der Waals surface area (Å²) in [6, 6.07) is 5.09. The van der Waals surface area contributed by atoms with Gasteiger partial charge in [-0.2, -0.15) is 5.26 Å². The number of halogens is 2. The molecule has 1 aliphatic heterocycles. The summed E-state index contributed by atoms with van der Waals surface area (Å²) in [5.74, 6) is -3.65. The number of nitrogens with two attached hydrogens (primary N) is 1. The van der Waals surface area contributed by atoms with Crippen molar-refractivity contribution < 1.29 is 23.0 Å². The summed E-state index contributed by atoms with van der Waals surface area (Å²) in [7, 11) is 0. The van der Waals surface area contributed by atoms with Crippen LogP contribution in [0.1, 0.15) is 38.2 Å². The lowest BCUT2D eigenvalue weighted by Crippen LogP contribution is -2.26. The molecule has 2 rings (SSSR count). The van der Waals surface area contributed by atoms with Crippen LogP contribution in [0.25, 0.3) is 0 Å². The van der Waals surface area contributed by atoms with Crippen molar-refractivity contribution in [2.24, 2.45) is 5.73 Å². The Bertz CT molecular complexity index is 794. The van der Waals surface area contributed by atoms with Gasteiger partial charge in [-0.3, -0.25) is 0 Å². The third-order valence-electron chi connectivity index (χ3n) is 3.75. The maximum absolute atomic E-state index is 13.7. The summed E-state index contributed by atoms with van der Waals surface area (Å²) < 4.78 is 37.5. The molecular weight excluding hydrogens is 330 g/mol. The zero-order chi connectivity index (χ0) is 18.6. The number of hydrogen-bond acceptors (Lipinski definition) is 5. The molecule has 0 unspecified atom stereocenters. The Hall–Kier alpha value is -2.88. The number of rotatable bonds is 5. The summed E-state index contributed by atoms with van der Waals surface area (Å²) in [6.07, 6.45) is 1.03. The van der Waals surface area contributed by atoms with E-state index in [-0.39, 0.29) is 35.0 Å². The molecule has 1 aromatic rings. The van der Waals surface area contributed by atoms with Crippen molar-refractivity contribution >= 4 is 5.97 Å². The predicted octanol–water partition coefficient (Wildman–Crippen LogP) is 3.39. The number of allylic oxidation sites excluding steroid dienone is 2. The van der Waals surface area contributed by atoms with Crippen molar-refractivity contribution in [1.82, 2.24) is 0 Å². The number of nitriles is 1. The highest BCUT2D eigenvalue weighted by Gasteiger charge is 2.37. The van der Waals surface area contributed by atoms with E-state index in [9.17, 15) is 18.8 Å². The SMILES string of the molecule is CCCC1=C(C(=O)OCC)[C@@H](c2ccc(F)c(F)c2)C(C#N)=C(N)O1. The third kappa shape index (κ3) is 3.63. The molecule has 1 aliphatic rings. The standard InChI is InChI=1S/C18H18F2N2O3/c1-3-5-14-16(18(23)24-4-2)15(11(9-21)17(22)25-14)10-6-7-12(19)13(20)8-10/h6-8,15H,3-5,22H2,1-2H3/t15-/m0/s1. The first-order chi connectivity index (χ1) is 11.9. The Morgan fingerprint density at radius 2 is 2.08 bits per heavy atom. The fraction of sp³-hybridized carbons (Fsp3) is 0.333. The highest BCUT2D eigenvalue weighted by molar-refractivity contribution is 5.92. The largest absolute Gasteiger partial charge is 0.463 e. The summed E-state index contributed by atoms with van der Waals surface area (Å²) in [4.78, 5) is 12.5. The van der Waals surface area contributed by atoms with Gasteiger partial charge in [-0.15, -0.1) is 0 Å². The van der Waals surface area contributed by atoms with Crippen LogP contribution in [0.2, 0.25) is 0 Å². The molecule has 0 radical (unpaired) electrons. The summed E-state index contributed by atoms with van der Waals surface area (Å²) in [5.41, 5.74) is 6.08. The van der Waals surface area contributed by atoms with E-state index < -0.39 is 23.5 Å². The summed E-state index contributed by atoms with van der Waals surface area (Å²) >= 11 is 0. The minimum Gasteiger partial charge on any atom is -0.463 e. The second kappa shape index (κ2) is 7.79. The first-order valence-electron chi connectivity index (χ1n) is 7.87. The number of ether oxygens (including phenoxy) is 2. The van der Waals surface area contributed by atoms with Crippen molar-refractivity contribution in [3.05, 3.63) is 58.2 Å². The van der Waals surface area contributed by atoms with E-state index in [1.807, 2.05) is 13.0 Å². The predicted molar refractivity (Wildman–Crippen MR) is 85.6 cm³/mol. The molecule has 1 aromatic carbocycles. The molecule has 0 bridgehead atoms. The van der Waals surface area contributed by atoms with E-state index in [1.165, 1.54) is 6.07 Å². The summed E-state index contributed by atoms with van der Waals surface area (Å²) in [6.45, 7) is 3.64. The molecular formula is C18H18F2N2O3. The maximum Gasteiger partial charge on any atom is 0.338 e. The van der Waals surface area contributed by atoms with Crippen molar-refractivity contribution in [3.8, 4) is 6.07 Å². The number of hydrogen-bond donors (Lipinski definition) is 1. The molecule has 2 N–H and O–H groups in total. The molecule has 0 spiro atoms. The zero-order valence-electron chi connectivity index (χ0n) is 13.9. The van der Waals surface area contributed by atoms with E-state index in [0.717, 1.165) is 12.1 Å². The van der Waals surface area contributed by atoms with Crippen molar-refractivity contribution in [1.29, 1.82) is 5.26 Å². The fourth-order valence-electron chi connectivity index (χ4n) is 2.69. The van der Waals surface area contributed by atoms with Gasteiger partial charge < -0.3 is 15.2 Å². The molecule has 25 heavy (non-hydrogen) atoms. The van der Waals surface area contributed by atoms with E-state index in [4.69, 9.17) is 15.2 Å². The monoisotopic (exact) mass is 348 g/mol. The second-order valence-electron chi connectivity index (χ2n) is 5.41. The first kappa shape index (κ1) is 18.5. The van der Waals surface area contributed by atoms with Crippen LogP contribution in [0.5, 0.6) is 0 Å². The van der Waals surface area contributed by atoms with Crippen molar-refractivity contribution in [3.63, 3.8) is 0 Å². The van der Waals surface area contributed by atoms with Crippen molar-refractivity contribution in [2.45, 2.75) is 32.6 Å². The Kier molecular flexibility index (Phi) is 5.75. The molecule has 0 saturated heterocycles. The Balaban J connectivity index is 2.68. The Morgan fingerprint density at radius 1 is 1.36 bits per heavy atom. The highest BCUT2D eigenvalue weighted by atomic mass is 19.2. The van der Waals surface area contributed by atoms with Gasteiger partial charge in [-0.25, -0.2) is 13.6 Å². The number of carbonyl (C=O) groups is 1. The van der Waals surface area contributed by atoms with Gasteiger partial charge in [-0.1, -0.05) is 13.0 Å². The minimum absolute atomic E-state index is 0.0473. The molecule has 1 atom stereocenters. The molecule has 5 nitrogen and oxygen atoms in total.